The molecule has 2 aromatic carbocycles. The van der Waals surface area contributed by atoms with Crippen molar-refractivity contribution in [3.8, 4) is 0 Å². The molecule has 0 unspecified atom stereocenters. The van der Waals surface area contributed by atoms with Gasteiger partial charge in [-0.3, -0.25) is 14.4 Å². The number of anilines is 1. The van der Waals surface area contributed by atoms with E-state index in [1.807, 2.05) is 30.3 Å². The van der Waals surface area contributed by atoms with Crippen molar-refractivity contribution in [3.63, 3.8) is 0 Å². The molecule has 0 radical (unpaired) electrons. The van der Waals surface area contributed by atoms with Gasteiger partial charge in [0.1, 0.15) is 0 Å². The summed E-state index contributed by atoms with van der Waals surface area (Å²) in [6, 6.07) is 16.1. The second-order valence-corrected chi connectivity index (χ2v) is 6.67. The molecule has 0 saturated carbocycles. The van der Waals surface area contributed by atoms with E-state index in [1.165, 1.54) is 0 Å². The van der Waals surface area contributed by atoms with Crippen LogP contribution in [0.25, 0.3) is 0 Å². The number of halogens is 1. The fourth-order valence-electron chi connectivity index (χ4n) is 2.99. The number of nitrogens with one attached hydrogen (secondary N) is 2. The van der Waals surface area contributed by atoms with Crippen LogP contribution in [-0.2, 0) is 9.59 Å². The molecule has 0 spiro atoms. The van der Waals surface area contributed by atoms with E-state index in [9.17, 15) is 14.4 Å². The first kappa shape index (κ1) is 18.9. The Morgan fingerprint density at radius 1 is 1.00 bits per heavy atom. The van der Waals surface area contributed by atoms with E-state index in [4.69, 9.17) is 11.6 Å². The Kier molecular flexibility index (Phi) is 6.08. The van der Waals surface area contributed by atoms with Crippen LogP contribution in [-0.4, -0.2) is 37.4 Å². The molecule has 7 heteroatoms. The third-order valence-corrected chi connectivity index (χ3v) is 4.72. The van der Waals surface area contributed by atoms with Crippen LogP contribution in [0.5, 0.6) is 0 Å². The predicted molar refractivity (Wildman–Crippen MR) is 104 cm³/mol. The van der Waals surface area contributed by atoms with Crippen LogP contribution in [0, 0.1) is 5.92 Å². The molecule has 6 nitrogen and oxygen atoms in total. The lowest BCUT2D eigenvalue weighted by molar-refractivity contribution is -0.126. The first-order chi connectivity index (χ1) is 13.1. The summed E-state index contributed by atoms with van der Waals surface area (Å²) in [4.78, 5) is 38.2. The Morgan fingerprint density at radius 2 is 1.67 bits per heavy atom. The number of hydrogen-bond acceptors (Lipinski definition) is 3. The Morgan fingerprint density at radius 3 is 2.41 bits per heavy atom. The van der Waals surface area contributed by atoms with E-state index in [1.54, 1.807) is 29.2 Å². The molecule has 1 heterocycles. The third-order valence-electron chi connectivity index (χ3n) is 4.39. The highest BCUT2D eigenvalue weighted by atomic mass is 35.5. The molecule has 3 amide bonds. The van der Waals surface area contributed by atoms with Crippen molar-refractivity contribution in [2.24, 2.45) is 5.92 Å². The highest BCUT2D eigenvalue weighted by Crippen LogP contribution is 2.24. The van der Waals surface area contributed by atoms with Gasteiger partial charge in [0.2, 0.25) is 11.8 Å². The zero-order chi connectivity index (χ0) is 19.2. The van der Waals surface area contributed by atoms with Crippen LogP contribution >= 0.6 is 11.6 Å². The highest BCUT2D eigenvalue weighted by molar-refractivity contribution is 6.33. The summed E-state index contributed by atoms with van der Waals surface area (Å²) in [6.45, 7) is 0.921. The SMILES string of the molecule is O=C(NCCNC(=O)[C@@H]1CC(=O)N(c2ccccc2)C1)c1ccccc1Cl. The molecule has 1 fully saturated rings. The van der Waals surface area contributed by atoms with Crippen molar-refractivity contribution in [1.82, 2.24) is 10.6 Å². The van der Waals surface area contributed by atoms with Crippen LogP contribution in [0.2, 0.25) is 5.02 Å². The van der Waals surface area contributed by atoms with Crippen LogP contribution < -0.4 is 15.5 Å². The molecule has 0 aliphatic carbocycles. The molecule has 3 rings (SSSR count). The summed E-state index contributed by atoms with van der Waals surface area (Å²) in [7, 11) is 0. The average Bonchev–Trinajstić information content (AvgIpc) is 3.08. The first-order valence-corrected chi connectivity index (χ1v) is 9.10. The Hall–Kier alpha value is -2.86. The van der Waals surface area contributed by atoms with Gasteiger partial charge < -0.3 is 15.5 Å². The van der Waals surface area contributed by atoms with Crippen molar-refractivity contribution in [2.75, 3.05) is 24.5 Å². The molecule has 2 N–H and O–H groups in total. The number of carbonyl (C=O) groups excluding carboxylic acids is 3. The molecule has 0 aromatic heterocycles. The largest absolute Gasteiger partial charge is 0.354 e. The van der Waals surface area contributed by atoms with E-state index >= 15 is 0 Å². The van der Waals surface area contributed by atoms with Gasteiger partial charge in [-0.15, -0.1) is 0 Å². The minimum absolute atomic E-state index is 0.0617. The fourth-order valence-corrected chi connectivity index (χ4v) is 3.21. The van der Waals surface area contributed by atoms with E-state index < -0.39 is 5.92 Å². The molecule has 140 valence electrons. The second-order valence-electron chi connectivity index (χ2n) is 6.27. The average molecular weight is 386 g/mol. The van der Waals surface area contributed by atoms with Crippen molar-refractivity contribution >= 4 is 35.0 Å². The number of para-hydroxylation sites is 1. The van der Waals surface area contributed by atoms with Crippen LogP contribution in [0.3, 0.4) is 0 Å². The minimum atomic E-state index is -0.392. The van der Waals surface area contributed by atoms with Crippen molar-refractivity contribution in [2.45, 2.75) is 6.42 Å². The van der Waals surface area contributed by atoms with Crippen molar-refractivity contribution < 1.29 is 14.4 Å². The topological polar surface area (TPSA) is 78.5 Å². The van der Waals surface area contributed by atoms with Gasteiger partial charge >= 0.3 is 0 Å². The van der Waals surface area contributed by atoms with E-state index in [0.29, 0.717) is 17.1 Å². The summed E-state index contributed by atoms with van der Waals surface area (Å²) >= 11 is 5.98. The molecular formula is C20H20ClN3O3. The maximum Gasteiger partial charge on any atom is 0.252 e. The zero-order valence-corrected chi connectivity index (χ0v) is 15.4. The molecule has 1 saturated heterocycles. The van der Waals surface area contributed by atoms with Crippen LogP contribution in [0.15, 0.2) is 54.6 Å². The maximum absolute atomic E-state index is 12.3. The van der Waals surface area contributed by atoms with E-state index in [-0.39, 0.29) is 37.2 Å². The van der Waals surface area contributed by atoms with Gasteiger partial charge in [0.25, 0.3) is 5.91 Å². The van der Waals surface area contributed by atoms with Gasteiger partial charge in [-0.25, -0.2) is 0 Å². The Bertz CT molecular complexity index is 841. The van der Waals surface area contributed by atoms with Gasteiger partial charge in [-0.1, -0.05) is 41.9 Å². The molecule has 1 atom stereocenters. The highest BCUT2D eigenvalue weighted by Gasteiger charge is 2.34. The van der Waals surface area contributed by atoms with Gasteiger partial charge in [-0.2, -0.15) is 0 Å². The monoisotopic (exact) mass is 385 g/mol. The van der Waals surface area contributed by atoms with Crippen molar-refractivity contribution in [1.29, 1.82) is 0 Å². The summed E-state index contributed by atoms with van der Waals surface area (Å²) in [5, 5.41) is 5.87. The summed E-state index contributed by atoms with van der Waals surface area (Å²) < 4.78 is 0. The minimum Gasteiger partial charge on any atom is -0.354 e. The zero-order valence-electron chi connectivity index (χ0n) is 14.7. The molecular weight excluding hydrogens is 366 g/mol. The smallest absolute Gasteiger partial charge is 0.252 e. The number of rotatable bonds is 6. The fraction of sp³-hybridized carbons (Fsp3) is 0.250. The van der Waals surface area contributed by atoms with Gasteiger partial charge in [0.15, 0.2) is 0 Å². The summed E-state index contributed by atoms with van der Waals surface area (Å²) in [5.74, 6) is -0.930. The van der Waals surface area contributed by atoms with Gasteiger partial charge in [0.05, 0.1) is 16.5 Å². The number of hydrogen-bond donors (Lipinski definition) is 2. The van der Waals surface area contributed by atoms with Gasteiger partial charge in [0, 0.05) is 31.7 Å². The quantitative estimate of drug-likeness (QED) is 0.748. The van der Waals surface area contributed by atoms with E-state index in [2.05, 4.69) is 10.6 Å². The van der Waals surface area contributed by atoms with Gasteiger partial charge in [-0.05, 0) is 24.3 Å². The lowest BCUT2D eigenvalue weighted by atomic mass is 10.1. The molecule has 1 aliphatic rings. The maximum atomic E-state index is 12.3. The van der Waals surface area contributed by atoms with Crippen LogP contribution in [0.1, 0.15) is 16.8 Å². The standard InChI is InChI=1S/C20H20ClN3O3/c21-17-9-5-4-8-16(17)20(27)23-11-10-22-19(26)14-12-18(25)24(13-14)15-6-2-1-3-7-15/h1-9,14H,10-13H2,(H,22,26)(H,23,27)/t14-/m1/s1. The number of benzene rings is 2. The number of amides is 3. The molecule has 27 heavy (non-hydrogen) atoms. The predicted octanol–water partition coefficient (Wildman–Crippen LogP) is 2.24. The number of nitrogens with zero attached hydrogens (tertiary/aromatic N) is 1. The molecule has 1 aliphatic heterocycles. The number of carbonyl (C=O) groups is 3. The normalized spacial score (nSPS) is 16.3. The Balaban J connectivity index is 1.44. The first-order valence-electron chi connectivity index (χ1n) is 8.72. The van der Waals surface area contributed by atoms with Crippen LogP contribution in [0.4, 0.5) is 5.69 Å². The lowest BCUT2D eigenvalue weighted by Crippen LogP contribution is -2.38. The third kappa shape index (κ3) is 4.65. The van der Waals surface area contributed by atoms with Crippen molar-refractivity contribution in [3.05, 3.63) is 65.2 Å². The second kappa shape index (κ2) is 8.68. The summed E-state index contributed by atoms with van der Waals surface area (Å²) in [5.41, 5.74) is 1.19. The lowest BCUT2D eigenvalue weighted by Gasteiger charge is -2.16. The molecule has 2 aromatic rings. The Labute approximate surface area is 162 Å². The molecule has 0 bridgehead atoms. The van der Waals surface area contributed by atoms with E-state index in [0.717, 1.165) is 5.69 Å². The summed E-state index contributed by atoms with van der Waals surface area (Å²) in [6.07, 6.45) is 0.187.